The van der Waals surface area contributed by atoms with E-state index >= 15 is 0 Å². The maximum absolute atomic E-state index is 9.96. The van der Waals surface area contributed by atoms with Gasteiger partial charge >= 0.3 is 0 Å². The lowest BCUT2D eigenvalue weighted by Crippen LogP contribution is -2.16. The van der Waals surface area contributed by atoms with Gasteiger partial charge in [-0.1, -0.05) is 5.16 Å². The normalized spacial score (nSPS) is 18.9. The van der Waals surface area contributed by atoms with Gasteiger partial charge in [-0.15, -0.1) is 0 Å². The highest BCUT2D eigenvalue weighted by Gasteiger charge is 2.22. The second-order valence-electron chi connectivity index (χ2n) is 4.75. The average Bonchev–Trinajstić information content (AvgIpc) is 2.97. The number of rotatable bonds is 3. The van der Waals surface area contributed by atoms with E-state index in [0.29, 0.717) is 29.6 Å². The molecule has 1 aliphatic heterocycles. The van der Waals surface area contributed by atoms with Crippen LogP contribution in [0.15, 0.2) is 22.7 Å². The van der Waals surface area contributed by atoms with Crippen molar-refractivity contribution in [3.8, 4) is 23.0 Å². The average molecular weight is 276 g/mol. The highest BCUT2D eigenvalue weighted by Crippen LogP contribution is 2.32. The fraction of sp³-hybridized carbons (Fsp3) is 0.429. The van der Waals surface area contributed by atoms with Crippen LogP contribution in [0.4, 0.5) is 0 Å². The molecule has 6 nitrogen and oxygen atoms in total. The molecular weight excluding hydrogens is 260 g/mol. The van der Waals surface area contributed by atoms with E-state index in [-0.39, 0.29) is 11.7 Å². The van der Waals surface area contributed by atoms with Gasteiger partial charge in [-0.2, -0.15) is 4.98 Å². The monoisotopic (exact) mass is 276 g/mol. The van der Waals surface area contributed by atoms with Gasteiger partial charge in [0.05, 0.1) is 19.3 Å². The summed E-state index contributed by atoms with van der Waals surface area (Å²) in [4.78, 5) is 4.36. The van der Waals surface area contributed by atoms with Gasteiger partial charge in [0.15, 0.2) is 5.82 Å². The fourth-order valence-electron chi connectivity index (χ4n) is 2.27. The Kier molecular flexibility index (Phi) is 3.56. The van der Waals surface area contributed by atoms with Crippen LogP contribution in [0.3, 0.4) is 0 Å². The minimum absolute atomic E-state index is 0.0550. The molecule has 106 valence electrons. The zero-order valence-electron chi connectivity index (χ0n) is 11.2. The summed E-state index contributed by atoms with van der Waals surface area (Å²) in [6.45, 7) is 1.41. The number of benzene rings is 1. The van der Waals surface area contributed by atoms with Gasteiger partial charge in [0.25, 0.3) is 5.89 Å². The van der Waals surface area contributed by atoms with E-state index in [9.17, 15) is 5.11 Å². The topological polar surface area (TPSA) is 77.6 Å². The summed E-state index contributed by atoms with van der Waals surface area (Å²) in [6.07, 6.45) is 2.00. The van der Waals surface area contributed by atoms with E-state index in [1.54, 1.807) is 19.2 Å². The zero-order valence-corrected chi connectivity index (χ0v) is 11.2. The molecule has 1 aromatic carbocycles. The fourth-order valence-corrected chi connectivity index (χ4v) is 2.27. The summed E-state index contributed by atoms with van der Waals surface area (Å²) < 4.78 is 15.7. The molecule has 1 atom stereocenters. The quantitative estimate of drug-likeness (QED) is 0.927. The van der Waals surface area contributed by atoms with Crippen molar-refractivity contribution in [3.63, 3.8) is 0 Å². The van der Waals surface area contributed by atoms with Crippen molar-refractivity contribution in [2.24, 2.45) is 0 Å². The summed E-state index contributed by atoms with van der Waals surface area (Å²) in [7, 11) is 1.54. The van der Waals surface area contributed by atoms with Crippen LogP contribution in [0.2, 0.25) is 0 Å². The Bertz CT molecular complexity index is 591. The predicted octanol–water partition coefficient (Wildman–Crippen LogP) is 2.34. The van der Waals surface area contributed by atoms with Crippen molar-refractivity contribution < 1.29 is 19.1 Å². The van der Waals surface area contributed by atoms with Crippen molar-refractivity contribution >= 4 is 0 Å². The van der Waals surface area contributed by atoms with Crippen molar-refractivity contribution in [3.05, 3.63) is 24.0 Å². The van der Waals surface area contributed by atoms with Crippen LogP contribution in [0.5, 0.6) is 11.5 Å². The van der Waals surface area contributed by atoms with Gasteiger partial charge in [0, 0.05) is 18.6 Å². The number of phenols is 1. The van der Waals surface area contributed by atoms with Crippen LogP contribution in [0.25, 0.3) is 11.5 Å². The second-order valence-corrected chi connectivity index (χ2v) is 4.75. The Labute approximate surface area is 116 Å². The third-order valence-corrected chi connectivity index (χ3v) is 3.40. The van der Waals surface area contributed by atoms with Crippen LogP contribution >= 0.6 is 0 Å². The lowest BCUT2D eigenvalue weighted by Gasteiger charge is -2.18. The molecule has 0 amide bonds. The molecule has 3 rings (SSSR count). The molecule has 1 aliphatic rings. The molecule has 0 bridgehead atoms. The molecule has 1 saturated heterocycles. The number of aromatic nitrogens is 2. The van der Waals surface area contributed by atoms with Crippen LogP contribution in [-0.4, -0.2) is 35.6 Å². The van der Waals surface area contributed by atoms with Gasteiger partial charge in [-0.05, 0) is 25.0 Å². The van der Waals surface area contributed by atoms with E-state index < -0.39 is 0 Å². The first-order chi connectivity index (χ1) is 9.78. The number of nitrogens with zero attached hydrogens (tertiary/aromatic N) is 2. The maximum atomic E-state index is 9.96. The van der Waals surface area contributed by atoms with Crippen molar-refractivity contribution in [1.29, 1.82) is 0 Å². The number of ether oxygens (including phenoxy) is 2. The van der Waals surface area contributed by atoms with E-state index in [1.165, 1.54) is 6.07 Å². The van der Waals surface area contributed by atoms with E-state index in [4.69, 9.17) is 14.0 Å². The van der Waals surface area contributed by atoms with Crippen LogP contribution in [0.1, 0.15) is 24.6 Å². The van der Waals surface area contributed by atoms with Gasteiger partial charge in [-0.25, -0.2) is 0 Å². The number of hydrogen-bond donors (Lipinski definition) is 1. The zero-order chi connectivity index (χ0) is 13.9. The van der Waals surface area contributed by atoms with Crippen LogP contribution in [0, 0.1) is 0 Å². The van der Waals surface area contributed by atoms with Gasteiger partial charge < -0.3 is 19.1 Å². The number of phenolic OH excluding ortho intramolecular Hbond substituents is 1. The molecule has 0 spiro atoms. The first-order valence-corrected chi connectivity index (χ1v) is 6.56. The standard InChI is InChI=1S/C14H16N2O4/c1-18-10-4-5-11(12(17)7-10)14-15-13(16-20-14)9-3-2-6-19-8-9/h4-5,7,9,17H,2-3,6,8H2,1H3. The Morgan fingerprint density at radius 1 is 1.40 bits per heavy atom. The minimum Gasteiger partial charge on any atom is -0.507 e. The Balaban J connectivity index is 1.85. The molecule has 20 heavy (non-hydrogen) atoms. The highest BCUT2D eigenvalue weighted by molar-refractivity contribution is 5.63. The largest absolute Gasteiger partial charge is 0.507 e. The summed E-state index contributed by atoms with van der Waals surface area (Å²) in [5.74, 6) is 1.74. The molecule has 0 radical (unpaired) electrons. The minimum atomic E-state index is 0.0550. The second kappa shape index (κ2) is 5.50. The number of hydrogen-bond acceptors (Lipinski definition) is 6. The van der Waals surface area contributed by atoms with Crippen molar-refractivity contribution in [1.82, 2.24) is 10.1 Å². The molecule has 6 heteroatoms. The third kappa shape index (κ3) is 2.46. The van der Waals surface area contributed by atoms with Crippen LogP contribution in [-0.2, 0) is 4.74 Å². The smallest absolute Gasteiger partial charge is 0.261 e. The molecule has 1 unspecified atom stereocenters. The maximum Gasteiger partial charge on any atom is 0.261 e. The Hall–Kier alpha value is -2.08. The van der Waals surface area contributed by atoms with E-state index in [2.05, 4.69) is 10.1 Å². The van der Waals surface area contributed by atoms with Crippen molar-refractivity contribution in [2.45, 2.75) is 18.8 Å². The molecule has 1 aromatic heterocycles. The number of methoxy groups -OCH3 is 1. The first kappa shape index (κ1) is 12.9. The van der Waals surface area contributed by atoms with Gasteiger partial charge in [-0.3, -0.25) is 0 Å². The summed E-state index contributed by atoms with van der Waals surface area (Å²) in [5, 5.41) is 14.0. The van der Waals surface area contributed by atoms with E-state index in [1.807, 2.05) is 0 Å². The lowest BCUT2D eigenvalue weighted by molar-refractivity contribution is 0.0773. The summed E-state index contributed by atoms with van der Waals surface area (Å²) in [6, 6.07) is 4.95. The SMILES string of the molecule is COc1ccc(-c2nc(C3CCCOC3)no2)c(O)c1. The molecule has 1 fully saturated rings. The third-order valence-electron chi connectivity index (χ3n) is 3.40. The van der Waals surface area contributed by atoms with Crippen molar-refractivity contribution in [2.75, 3.05) is 20.3 Å². The predicted molar refractivity (Wildman–Crippen MR) is 70.7 cm³/mol. The highest BCUT2D eigenvalue weighted by atomic mass is 16.5. The molecule has 0 saturated carbocycles. The first-order valence-electron chi connectivity index (χ1n) is 6.56. The Morgan fingerprint density at radius 3 is 3.00 bits per heavy atom. The van der Waals surface area contributed by atoms with E-state index in [0.717, 1.165) is 19.4 Å². The summed E-state index contributed by atoms with van der Waals surface area (Å²) in [5.41, 5.74) is 0.501. The van der Waals surface area contributed by atoms with Gasteiger partial charge in [0.1, 0.15) is 11.5 Å². The lowest BCUT2D eigenvalue weighted by atomic mass is 10.0. The molecule has 0 aliphatic carbocycles. The number of aromatic hydroxyl groups is 1. The van der Waals surface area contributed by atoms with Crippen LogP contribution < -0.4 is 4.74 Å². The Morgan fingerprint density at radius 2 is 2.30 bits per heavy atom. The van der Waals surface area contributed by atoms with Gasteiger partial charge in [0.2, 0.25) is 0 Å². The summed E-state index contributed by atoms with van der Waals surface area (Å²) >= 11 is 0. The molecular formula is C14H16N2O4. The molecule has 2 aromatic rings. The molecule has 1 N–H and O–H groups in total. The molecule has 2 heterocycles.